The molecule has 6 heteroatoms. The highest BCUT2D eigenvalue weighted by atomic mass is 15.4. The molecule has 0 bridgehead atoms. The van der Waals surface area contributed by atoms with E-state index >= 15 is 0 Å². The molecule has 0 saturated carbocycles. The van der Waals surface area contributed by atoms with E-state index in [9.17, 15) is 0 Å². The molecule has 1 heterocycles. The van der Waals surface area contributed by atoms with Crippen LogP contribution < -0.4 is 21.5 Å². The molecular weight excluding hydrogens is 240 g/mol. The van der Waals surface area contributed by atoms with Crippen LogP contribution in [0.15, 0.2) is 6.33 Å². The van der Waals surface area contributed by atoms with Gasteiger partial charge in [0.15, 0.2) is 11.6 Å². The molecule has 1 aromatic heterocycles. The van der Waals surface area contributed by atoms with Gasteiger partial charge in [-0.1, -0.05) is 13.3 Å². The topological polar surface area (TPSA) is 79.1 Å². The smallest absolute Gasteiger partial charge is 0.169 e. The summed E-state index contributed by atoms with van der Waals surface area (Å²) in [7, 11) is 2.00. The average Bonchev–Trinajstić information content (AvgIpc) is 2.33. The first kappa shape index (κ1) is 15.5. The minimum Gasteiger partial charge on any atom is -0.393 e. The number of nitrogens with two attached hydrogens (primary N) is 1. The molecule has 0 aliphatic heterocycles. The van der Waals surface area contributed by atoms with Gasteiger partial charge in [-0.05, 0) is 27.2 Å². The van der Waals surface area contributed by atoms with Crippen LogP contribution in [0.4, 0.5) is 17.3 Å². The maximum Gasteiger partial charge on any atom is 0.169 e. The lowest BCUT2D eigenvalue weighted by atomic mass is 10.1. The first-order valence-electron chi connectivity index (χ1n) is 6.70. The fourth-order valence-corrected chi connectivity index (χ4v) is 1.54. The van der Waals surface area contributed by atoms with Crippen molar-refractivity contribution in [3.8, 4) is 0 Å². The van der Waals surface area contributed by atoms with Gasteiger partial charge in [0.1, 0.15) is 12.0 Å². The van der Waals surface area contributed by atoms with Gasteiger partial charge in [-0.25, -0.2) is 15.4 Å². The van der Waals surface area contributed by atoms with E-state index in [-0.39, 0.29) is 5.54 Å². The second kappa shape index (κ2) is 6.56. The summed E-state index contributed by atoms with van der Waals surface area (Å²) in [5.41, 5.74) is 12.8. The summed E-state index contributed by atoms with van der Waals surface area (Å²) in [4.78, 5) is 10.5. The van der Waals surface area contributed by atoms with Gasteiger partial charge in [-0.15, -0.1) is 0 Å². The molecule has 19 heavy (non-hydrogen) atoms. The largest absolute Gasteiger partial charge is 0.393 e. The highest BCUT2D eigenvalue weighted by molar-refractivity contribution is 5.74. The molecule has 108 valence electrons. The third kappa shape index (κ3) is 4.90. The van der Waals surface area contributed by atoms with Crippen molar-refractivity contribution in [2.45, 2.75) is 46.1 Å². The third-order valence-corrected chi connectivity index (χ3v) is 2.63. The maximum atomic E-state index is 6.12. The summed E-state index contributed by atoms with van der Waals surface area (Å²) in [5, 5.41) is 0. The van der Waals surface area contributed by atoms with Crippen LogP contribution in [0.1, 0.15) is 40.5 Å². The molecule has 4 N–H and O–H groups in total. The van der Waals surface area contributed by atoms with Gasteiger partial charge in [0.05, 0.1) is 0 Å². The van der Waals surface area contributed by atoms with Gasteiger partial charge >= 0.3 is 0 Å². The molecule has 0 fully saturated rings. The fraction of sp³-hybridized carbons (Fsp3) is 0.692. The zero-order valence-electron chi connectivity index (χ0n) is 12.6. The Bertz CT molecular complexity index is 399. The summed E-state index contributed by atoms with van der Waals surface area (Å²) in [6.07, 6.45) is 3.79. The molecule has 0 radical (unpaired) electrons. The first-order chi connectivity index (χ1) is 8.85. The summed E-state index contributed by atoms with van der Waals surface area (Å²) in [6, 6.07) is 0. The van der Waals surface area contributed by atoms with Crippen molar-refractivity contribution < 1.29 is 0 Å². The van der Waals surface area contributed by atoms with E-state index in [0.29, 0.717) is 11.5 Å². The molecule has 0 saturated heterocycles. The minimum atomic E-state index is -0.0638. The second-order valence-electron chi connectivity index (χ2n) is 5.73. The van der Waals surface area contributed by atoms with Crippen LogP contribution in [-0.2, 0) is 0 Å². The van der Waals surface area contributed by atoms with E-state index in [1.807, 2.05) is 7.05 Å². The van der Waals surface area contributed by atoms with Gasteiger partial charge < -0.3 is 16.1 Å². The quantitative estimate of drug-likeness (QED) is 0.684. The van der Waals surface area contributed by atoms with Crippen molar-refractivity contribution in [2.75, 3.05) is 29.7 Å². The van der Waals surface area contributed by atoms with Gasteiger partial charge in [-0.3, -0.25) is 0 Å². The van der Waals surface area contributed by atoms with Crippen LogP contribution in [-0.4, -0.2) is 29.1 Å². The number of unbranched alkanes of at least 4 members (excludes halogenated alkanes) is 1. The van der Waals surface area contributed by atoms with Crippen molar-refractivity contribution in [1.82, 2.24) is 15.4 Å². The Morgan fingerprint density at radius 3 is 2.58 bits per heavy atom. The van der Waals surface area contributed by atoms with E-state index in [1.165, 1.54) is 6.33 Å². The lowest BCUT2D eigenvalue weighted by Crippen LogP contribution is -2.40. The molecule has 6 nitrogen and oxygen atoms in total. The average molecular weight is 266 g/mol. The molecular formula is C13H26N6. The Balaban J connectivity index is 2.80. The van der Waals surface area contributed by atoms with Crippen LogP contribution in [0, 0.1) is 0 Å². The van der Waals surface area contributed by atoms with E-state index in [4.69, 9.17) is 5.73 Å². The third-order valence-electron chi connectivity index (χ3n) is 2.63. The Hall–Kier alpha value is -1.56. The van der Waals surface area contributed by atoms with E-state index in [1.54, 1.807) is 0 Å². The second-order valence-corrected chi connectivity index (χ2v) is 5.73. The molecule has 0 atom stereocenters. The van der Waals surface area contributed by atoms with E-state index in [0.717, 1.165) is 25.2 Å². The number of anilines is 3. The number of nitrogen functional groups attached to an aromatic ring is 1. The van der Waals surface area contributed by atoms with Crippen LogP contribution in [0.25, 0.3) is 0 Å². The summed E-state index contributed by atoms with van der Waals surface area (Å²) in [6.45, 7) is 9.28. The van der Waals surface area contributed by atoms with Gasteiger partial charge in [0, 0.05) is 19.1 Å². The molecule has 0 aromatic carbocycles. The zero-order valence-corrected chi connectivity index (χ0v) is 12.6. The Kier molecular flexibility index (Phi) is 5.35. The van der Waals surface area contributed by atoms with Crippen molar-refractivity contribution in [3.63, 3.8) is 0 Å². The molecule has 0 aliphatic rings. The number of hydrazine groups is 1. The van der Waals surface area contributed by atoms with Gasteiger partial charge in [0.25, 0.3) is 0 Å². The Labute approximate surface area is 115 Å². The molecule has 0 spiro atoms. The molecule has 0 unspecified atom stereocenters. The van der Waals surface area contributed by atoms with Crippen molar-refractivity contribution in [3.05, 3.63) is 6.33 Å². The predicted molar refractivity (Wildman–Crippen MR) is 81.1 cm³/mol. The lowest BCUT2D eigenvalue weighted by Gasteiger charge is -2.24. The van der Waals surface area contributed by atoms with Crippen molar-refractivity contribution in [1.29, 1.82) is 0 Å². The maximum absolute atomic E-state index is 6.12. The highest BCUT2D eigenvalue weighted by Gasteiger charge is 2.14. The van der Waals surface area contributed by atoms with Crippen LogP contribution >= 0.6 is 0 Å². The Morgan fingerprint density at radius 2 is 2.00 bits per heavy atom. The molecule has 1 aromatic rings. The van der Waals surface area contributed by atoms with Gasteiger partial charge in [0.2, 0.25) is 0 Å². The van der Waals surface area contributed by atoms with E-state index < -0.39 is 0 Å². The lowest BCUT2D eigenvalue weighted by molar-refractivity contribution is 0.464. The minimum absolute atomic E-state index is 0.0638. The molecule has 1 rings (SSSR count). The number of nitrogens with zero attached hydrogens (tertiary/aromatic N) is 3. The normalized spacial score (nSPS) is 11.4. The summed E-state index contributed by atoms with van der Waals surface area (Å²) < 4.78 is 0. The summed E-state index contributed by atoms with van der Waals surface area (Å²) >= 11 is 0. The SMILES string of the molecule is CCCCN(C)c1ncnc(NNC(C)(C)C)c1N. The number of hydrogen-bond donors (Lipinski definition) is 3. The van der Waals surface area contributed by atoms with Crippen LogP contribution in [0.2, 0.25) is 0 Å². The molecule has 0 amide bonds. The van der Waals surface area contributed by atoms with Crippen LogP contribution in [0.5, 0.6) is 0 Å². The zero-order chi connectivity index (χ0) is 14.5. The number of hydrogen-bond acceptors (Lipinski definition) is 6. The van der Waals surface area contributed by atoms with Crippen molar-refractivity contribution >= 4 is 17.3 Å². The number of nitrogens with one attached hydrogen (secondary N) is 2. The first-order valence-corrected chi connectivity index (χ1v) is 6.70. The monoisotopic (exact) mass is 266 g/mol. The van der Waals surface area contributed by atoms with E-state index in [2.05, 4.69) is 53.4 Å². The van der Waals surface area contributed by atoms with Gasteiger partial charge in [-0.2, -0.15) is 0 Å². The summed E-state index contributed by atoms with van der Waals surface area (Å²) in [5.74, 6) is 1.38. The standard InChI is InChI=1S/C13H26N6/c1-6-7-8-19(5)12-10(14)11(15-9-16-12)17-18-13(2,3)4/h9,18H,6-8,14H2,1-5H3,(H,15,16,17). The predicted octanol–water partition coefficient (Wildman–Crippen LogP) is 2.01. The fourth-order valence-electron chi connectivity index (χ4n) is 1.54. The Morgan fingerprint density at radius 1 is 1.32 bits per heavy atom. The molecule has 0 aliphatic carbocycles. The number of aromatic nitrogens is 2. The van der Waals surface area contributed by atoms with Crippen molar-refractivity contribution in [2.24, 2.45) is 0 Å². The highest BCUT2D eigenvalue weighted by Crippen LogP contribution is 2.25. The number of rotatable bonds is 6. The van der Waals surface area contributed by atoms with Crippen LogP contribution in [0.3, 0.4) is 0 Å².